The molecule has 0 radical (unpaired) electrons. The van der Waals surface area contributed by atoms with Crippen LogP contribution < -0.4 is 9.79 Å². The molecule has 1 aromatic heterocycles. The Balaban J connectivity index is 2.15. The van der Waals surface area contributed by atoms with Crippen molar-refractivity contribution < 1.29 is 18.4 Å². The van der Waals surface area contributed by atoms with Crippen LogP contribution in [0.25, 0.3) is 10.9 Å². The van der Waals surface area contributed by atoms with Crippen molar-refractivity contribution in [1.29, 1.82) is 0 Å². The standard InChI is InChI=1S/C18H17N3O4S/c1-13-6-2-5-9-17(13)26(24,25)21(12-18(22)20-23)15-10-14-7-3-4-8-16(14)19-11-15/h2-11,23H,12H2,1H3,(H,20,22). The van der Waals surface area contributed by atoms with Crippen molar-refractivity contribution in [1.82, 2.24) is 10.5 Å². The van der Waals surface area contributed by atoms with E-state index in [-0.39, 0.29) is 10.6 Å². The van der Waals surface area contributed by atoms with Gasteiger partial charge in [0.05, 0.1) is 22.3 Å². The lowest BCUT2D eigenvalue weighted by Gasteiger charge is -2.24. The van der Waals surface area contributed by atoms with Gasteiger partial charge in [-0.2, -0.15) is 0 Å². The van der Waals surface area contributed by atoms with Crippen LogP contribution in [0.2, 0.25) is 0 Å². The molecule has 3 aromatic rings. The lowest BCUT2D eigenvalue weighted by Crippen LogP contribution is -2.40. The van der Waals surface area contributed by atoms with E-state index in [2.05, 4.69) is 4.98 Å². The van der Waals surface area contributed by atoms with Gasteiger partial charge in [-0.1, -0.05) is 36.4 Å². The summed E-state index contributed by atoms with van der Waals surface area (Å²) in [5.74, 6) is -0.852. The van der Waals surface area contributed by atoms with E-state index in [1.807, 2.05) is 12.1 Å². The van der Waals surface area contributed by atoms with E-state index >= 15 is 0 Å². The molecule has 8 heteroatoms. The lowest BCUT2D eigenvalue weighted by molar-refractivity contribution is -0.127. The molecule has 1 heterocycles. The van der Waals surface area contributed by atoms with E-state index < -0.39 is 22.5 Å². The first-order valence-electron chi connectivity index (χ1n) is 7.79. The van der Waals surface area contributed by atoms with Crippen LogP contribution in [0.4, 0.5) is 5.69 Å². The number of anilines is 1. The molecule has 1 amide bonds. The average Bonchev–Trinajstić information content (AvgIpc) is 2.65. The molecule has 3 rings (SSSR count). The van der Waals surface area contributed by atoms with Crippen molar-refractivity contribution in [3.8, 4) is 0 Å². The molecular formula is C18H17N3O4S. The number of carbonyl (C=O) groups excluding carboxylic acids is 1. The number of nitrogens with one attached hydrogen (secondary N) is 1. The van der Waals surface area contributed by atoms with Crippen molar-refractivity contribution in [2.24, 2.45) is 0 Å². The molecule has 134 valence electrons. The number of amides is 1. The first kappa shape index (κ1) is 17.8. The second-order valence-corrected chi connectivity index (χ2v) is 7.53. The molecule has 0 atom stereocenters. The summed E-state index contributed by atoms with van der Waals surface area (Å²) in [4.78, 5) is 16.1. The van der Waals surface area contributed by atoms with Gasteiger partial charge in [0, 0.05) is 5.39 Å². The maximum absolute atomic E-state index is 13.2. The van der Waals surface area contributed by atoms with Crippen LogP contribution in [0.15, 0.2) is 65.7 Å². The third-order valence-corrected chi connectivity index (χ3v) is 5.87. The van der Waals surface area contributed by atoms with Crippen molar-refractivity contribution >= 4 is 32.5 Å². The number of rotatable bonds is 5. The smallest absolute Gasteiger partial charge is 0.265 e. The zero-order valence-corrected chi connectivity index (χ0v) is 14.8. The number of hydrogen-bond donors (Lipinski definition) is 2. The Morgan fingerprint density at radius 1 is 1.15 bits per heavy atom. The monoisotopic (exact) mass is 371 g/mol. The number of aryl methyl sites for hydroxylation is 1. The minimum Gasteiger partial charge on any atom is -0.289 e. The molecular weight excluding hydrogens is 354 g/mol. The number of pyridine rings is 1. The normalized spacial score (nSPS) is 11.3. The van der Waals surface area contributed by atoms with Crippen molar-refractivity contribution in [3.63, 3.8) is 0 Å². The van der Waals surface area contributed by atoms with Crippen LogP contribution in [0.5, 0.6) is 0 Å². The van der Waals surface area contributed by atoms with E-state index in [9.17, 15) is 13.2 Å². The molecule has 0 saturated carbocycles. The quantitative estimate of drug-likeness (QED) is 0.529. The van der Waals surface area contributed by atoms with Crippen LogP contribution in [-0.2, 0) is 14.8 Å². The predicted octanol–water partition coefficient (Wildman–Crippen LogP) is 2.24. The maximum Gasteiger partial charge on any atom is 0.265 e. The van der Waals surface area contributed by atoms with Gasteiger partial charge in [0.15, 0.2) is 0 Å². The molecule has 2 N–H and O–H groups in total. The number of hydroxylamine groups is 1. The van der Waals surface area contributed by atoms with Crippen LogP contribution in [0.3, 0.4) is 0 Å². The highest BCUT2D eigenvalue weighted by Gasteiger charge is 2.28. The van der Waals surface area contributed by atoms with Gasteiger partial charge in [-0.05, 0) is 30.7 Å². The highest BCUT2D eigenvalue weighted by atomic mass is 32.2. The summed E-state index contributed by atoms with van der Waals surface area (Å²) in [6.45, 7) is 1.10. The van der Waals surface area contributed by atoms with Crippen LogP contribution in [-0.4, -0.2) is 31.1 Å². The zero-order valence-electron chi connectivity index (χ0n) is 14.0. The van der Waals surface area contributed by atoms with E-state index in [1.165, 1.54) is 17.7 Å². The van der Waals surface area contributed by atoms with Gasteiger partial charge in [-0.25, -0.2) is 13.9 Å². The topological polar surface area (TPSA) is 99.6 Å². The molecule has 26 heavy (non-hydrogen) atoms. The van der Waals surface area contributed by atoms with Crippen LogP contribution in [0, 0.1) is 6.92 Å². The third-order valence-electron chi connectivity index (χ3n) is 3.94. The number of carbonyl (C=O) groups is 1. The zero-order chi connectivity index (χ0) is 18.7. The summed E-state index contributed by atoms with van der Waals surface area (Å²) in [5, 5.41) is 9.59. The number of para-hydroxylation sites is 1. The highest BCUT2D eigenvalue weighted by molar-refractivity contribution is 7.93. The minimum atomic E-state index is -4.04. The summed E-state index contributed by atoms with van der Waals surface area (Å²) in [5.41, 5.74) is 2.96. The predicted molar refractivity (Wildman–Crippen MR) is 97.4 cm³/mol. The Bertz CT molecular complexity index is 1070. The lowest BCUT2D eigenvalue weighted by atomic mass is 10.2. The van der Waals surface area contributed by atoms with Gasteiger partial charge in [-0.15, -0.1) is 0 Å². The summed E-state index contributed by atoms with van der Waals surface area (Å²) in [6, 6.07) is 15.4. The molecule has 0 spiro atoms. The summed E-state index contributed by atoms with van der Waals surface area (Å²) < 4.78 is 27.3. The van der Waals surface area contributed by atoms with E-state index in [4.69, 9.17) is 5.21 Å². The number of aromatic nitrogens is 1. The number of benzene rings is 2. The van der Waals surface area contributed by atoms with Gasteiger partial charge in [0.25, 0.3) is 15.9 Å². The first-order chi connectivity index (χ1) is 12.4. The summed E-state index contributed by atoms with van der Waals surface area (Å²) in [7, 11) is -4.04. The van der Waals surface area contributed by atoms with Crippen molar-refractivity contribution in [2.45, 2.75) is 11.8 Å². The fourth-order valence-corrected chi connectivity index (χ4v) is 4.27. The van der Waals surface area contributed by atoms with E-state index in [0.717, 1.165) is 9.69 Å². The molecule has 2 aromatic carbocycles. The van der Waals surface area contributed by atoms with Crippen molar-refractivity contribution in [2.75, 3.05) is 10.8 Å². The average molecular weight is 371 g/mol. The summed E-state index contributed by atoms with van der Waals surface area (Å²) in [6.07, 6.45) is 1.39. The van der Waals surface area contributed by atoms with Gasteiger partial charge in [-0.3, -0.25) is 19.3 Å². The largest absolute Gasteiger partial charge is 0.289 e. The fraction of sp³-hybridized carbons (Fsp3) is 0.111. The number of nitrogens with zero attached hydrogens (tertiary/aromatic N) is 2. The van der Waals surface area contributed by atoms with Gasteiger partial charge >= 0.3 is 0 Å². The first-order valence-corrected chi connectivity index (χ1v) is 9.23. The molecule has 0 aliphatic rings. The maximum atomic E-state index is 13.2. The Hall–Kier alpha value is -2.97. The summed E-state index contributed by atoms with van der Waals surface area (Å²) >= 11 is 0. The Kier molecular flexibility index (Phi) is 4.88. The molecule has 0 aliphatic carbocycles. The number of sulfonamides is 1. The second-order valence-electron chi connectivity index (χ2n) is 5.70. The SMILES string of the molecule is Cc1ccccc1S(=O)(=O)N(CC(=O)NO)c1cnc2ccccc2c1. The molecule has 7 nitrogen and oxygen atoms in total. The highest BCUT2D eigenvalue weighted by Crippen LogP contribution is 2.27. The van der Waals surface area contributed by atoms with Gasteiger partial charge in [0.2, 0.25) is 0 Å². The van der Waals surface area contributed by atoms with Gasteiger partial charge in [0.1, 0.15) is 6.54 Å². The minimum absolute atomic E-state index is 0.0823. The van der Waals surface area contributed by atoms with Crippen LogP contribution in [0.1, 0.15) is 5.56 Å². The molecule has 0 fully saturated rings. The van der Waals surface area contributed by atoms with Crippen LogP contribution >= 0.6 is 0 Å². The van der Waals surface area contributed by atoms with Gasteiger partial charge < -0.3 is 0 Å². The third kappa shape index (κ3) is 3.37. The Morgan fingerprint density at radius 2 is 1.85 bits per heavy atom. The number of fused-ring (bicyclic) bond motifs is 1. The van der Waals surface area contributed by atoms with E-state index in [1.54, 1.807) is 43.3 Å². The molecule has 0 bridgehead atoms. The molecule has 0 unspecified atom stereocenters. The Morgan fingerprint density at radius 3 is 2.58 bits per heavy atom. The second kappa shape index (κ2) is 7.11. The molecule has 0 saturated heterocycles. The fourth-order valence-electron chi connectivity index (χ4n) is 2.64. The number of hydrogen-bond acceptors (Lipinski definition) is 5. The van der Waals surface area contributed by atoms with Crippen molar-refractivity contribution in [3.05, 3.63) is 66.4 Å². The molecule has 0 aliphatic heterocycles. The Labute approximate surface area is 150 Å². The van der Waals surface area contributed by atoms with E-state index in [0.29, 0.717) is 11.1 Å².